The lowest BCUT2D eigenvalue weighted by Gasteiger charge is -2.27. The zero-order valence-electron chi connectivity index (χ0n) is 21.9. The number of halogens is 1. The van der Waals surface area contributed by atoms with Gasteiger partial charge >= 0.3 is 0 Å². The van der Waals surface area contributed by atoms with Crippen LogP contribution in [0.2, 0.25) is 5.02 Å². The molecule has 0 spiro atoms. The lowest BCUT2D eigenvalue weighted by molar-refractivity contribution is -0.120. The van der Waals surface area contributed by atoms with Gasteiger partial charge in [0.15, 0.2) is 23.0 Å². The molecule has 3 aromatic carbocycles. The van der Waals surface area contributed by atoms with Crippen molar-refractivity contribution in [3.05, 3.63) is 65.2 Å². The van der Waals surface area contributed by atoms with Crippen LogP contribution in [0.5, 0.6) is 28.7 Å². The molecule has 0 saturated heterocycles. The number of ether oxygens (including phenoxy) is 5. The quantitative estimate of drug-likeness (QED) is 0.382. The molecule has 0 bridgehead atoms. The van der Waals surface area contributed by atoms with Gasteiger partial charge in [0, 0.05) is 11.1 Å². The Hall–Kier alpha value is -3.83. The number of carbonyl (C=O) groups is 1. The molecule has 1 atom stereocenters. The minimum Gasteiger partial charge on any atom is -0.495 e. The molecule has 39 heavy (non-hydrogen) atoms. The van der Waals surface area contributed by atoms with Crippen LogP contribution in [0.4, 0.5) is 5.69 Å². The first kappa shape index (κ1) is 28.2. The van der Waals surface area contributed by atoms with Crippen LogP contribution in [0.25, 0.3) is 0 Å². The van der Waals surface area contributed by atoms with Gasteiger partial charge in [-0.2, -0.15) is 0 Å². The second-order valence-corrected chi connectivity index (χ2v) is 10.8. The summed E-state index contributed by atoms with van der Waals surface area (Å²) in [5, 5.41) is 3.13. The molecule has 0 aliphatic carbocycles. The van der Waals surface area contributed by atoms with Gasteiger partial charge in [0.25, 0.3) is 10.0 Å². The SMILES string of the molecule is COc1ccc(S(=O)(=O)N(CC(=O)N[C@@H](C)c2ccc3c(c2)OCCO3)c2cc(Cl)ccc2OC)cc1OC. The maximum absolute atomic E-state index is 14.0. The highest BCUT2D eigenvalue weighted by Gasteiger charge is 2.31. The number of sulfonamides is 1. The molecule has 12 heteroatoms. The molecule has 1 amide bonds. The van der Waals surface area contributed by atoms with E-state index in [0.29, 0.717) is 30.5 Å². The van der Waals surface area contributed by atoms with E-state index in [4.69, 9.17) is 35.3 Å². The summed E-state index contributed by atoms with van der Waals surface area (Å²) in [5.41, 5.74) is 0.865. The van der Waals surface area contributed by atoms with Gasteiger partial charge in [-0.1, -0.05) is 17.7 Å². The first-order chi connectivity index (χ1) is 18.7. The number of hydrogen-bond acceptors (Lipinski definition) is 8. The Balaban J connectivity index is 1.67. The molecule has 4 rings (SSSR count). The number of anilines is 1. The Morgan fingerprint density at radius 1 is 0.923 bits per heavy atom. The fourth-order valence-corrected chi connectivity index (χ4v) is 5.70. The van der Waals surface area contributed by atoms with Gasteiger partial charge < -0.3 is 29.0 Å². The van der Waals surface area contributed by atoms with E-state index in [1.54, 1.807) is 25.1 Å². The largest absolute Gasteiger partial charge is 0.495 e. The topological polar surface area (TPSA) is 113 Å². The van der Waals surface area contributed by atoms with Crippen LogP contribution in [-0.2, 0) is 14.8 Å². The Morgan fingerprint density at radius 3 is 2.28 bits per heavy atom. The monoisotopic (exact) mass is 576 g/mol. The molecule has 3 aromatic rings. The summed E-state index contributed by atoms with van der Waals surface area (Å²) in [4.78, 5) is 13.2. The molecule has 0 aromatic heterocycles. The standard InChI is InChI=1S/C27H29ClN2O8S/c1-17(18-5-8-24-26(13-18)38-12-11-37-24)29-27(31)16-30(21-14-19(28)6-9-22(21)34-2)39(32,33)20-7-10-23(35-3)25(15-20)36-4/h5-10,13-15,17H,11-12,16H2,1-4H3,(H,29,31)/t17-/m0/s1. The van der Waals surface area contributed by atoms with Crippen LogP contribution in [-0.4, -0.2) is 55.4 Å². The summed E-state index contributed by atoms with van der Waals surface area (Å²) < 4.78 is 56.0. The molecule has 1 aliphatic heterocycles. The first-order valence-electron chi connectivity index (χ1n) is 11.9. The van der Waals surface area contributed by atoms with Crippen molar-refractivity contribution in [2.75, 3.05) is 45.4 Å². The summed E-state index contributed by atoms with van der Waals surface area (Å²) in [6.45, 7) is 2.14. The second kappa shape index (κ2) is 11.9. The van der Waals surface area contributed by atoms with Crippen molar-refractivity contribution in [1.29, 1.82) is 0 Å². The molecule has 0 saturated carbocycles. The smallest absolute Gasteiger partial charge is 0.265 e. The highest BCUT2D eigenvalue weighted by molar-refractivity contribution is 7.92. The van der Waals surface area contributed by atoms with E-state index < -0.39 is 28.5 Å². The third-order valence-electron chi connectivity index (χ3n) is 6.08. The van der Waals surface area contributed by atoms with Gasteiger partial charge in [-0.3, -0.25) is 9.10 Å². The van der Waals surface area contributed by atoms with Crippen molar-refractivity contribution in [2.45, 2.75) is 17.9 Å². The van der Waals surface area contributed by atoms with Crippen LogP contribution >= 0.6 is 11.6 Å². The van der Waals surface area contributed by atoms with Gasteiger partial charge in [-0.15, -0.1) is 0 Å². The zero-order valence-corrected chi connectivity index (χ0v) is 23.5. The first-order valence-corrected chi connectivity index (χ1v) is 13.8. The number of nitrogens with one attached hydrogen (secondary N) is 1. The number of hydrogen-bond donors (Lipinski definition) is 1. The number of nitrogens with zero attached hydrogens (tertiary/aromatic N) is 1. The lowest BCUT2D eigenvalue weighted by Crippen LogP contribution is -2.41. The van der Waals surface area contributed by atoms with Crippen molar-refractivity contribution in [2.24, 2.45) is 0 Å². The molecule has 0 unspecified atom stereocenters. The van der Waals surface area contributed by atoms with Crippen molar-refractivity contribution in [1.82, 2.24) is 5.32 Å². The Kier molecular flexibility index (Phi) is 8.61. The van der Waals surface area contributed by atoms with Gasteiger partial charge in [0.1, 0.15) is 25.5 Å². The second-order valence-electron chi connectivity index (χ2n) is 8.54. The number of carbonyl (C=O) groups excluding carboxylic acids is 1. The van der Waals surface area contributed by atoms with E-state index >= 15 is 0 Å². The van der Waals surface area contributed by atoms with E-state index in [1.165, 1.54) is 51.7 Å². The maximum atomic E-state index is 14.0. The predicted octanol–water partition coefficient (Wildman–Crippen LogP) is 4.21. The van der Waals surface area contributed by atoms with Crippen molar-refractivity contribution >= 4 is 33.2 Å². The zero-order chi connectivity index (χ0) is 28.2. The third-order valence-corrected chi connectivity index (χ3v) is 8.07. The highest BCUT2D eigenvalue weighted by atomic mass is 35.5. The van der Waals surface area contributed by atoms with Crippen molar-refractivity contribution < 1.29 is 36.9 Å². The van der Waals surface area contributed by atoms with Crippen LogP contribution in [0, 0.1) is 0 Å². The molecular formula is C27H29ClN2O8S. The molecular weight excluding hydrogens is 548 g/mol. The van der Waals surface area contributed by atoms with Gasteiger partial charge in [0.05, 0.1) is 38.0 Å². The summed E-state index contributed by atoms with van der Waals surface area (Å²) in [5.74, 6) is 1.45. The van der Waals surface area contributed by atoms with Crippen LogP contribution in [0.3, 0.4) is 0 Å². The molecule has 10 nitrogen and oxygen atoms in total. The fraction of sp³-hybridized carbons (Fsp3) is 0.296. The minimum atomic E-state index is -4.31. The average molecular weight is 577 g/mol. The average Bonchev–Trinajstić information content (AvgIpc) is 2.95. The summed E-state index contributed by atoms with van der Waals surface area (Å²) >= 11 is 6.22. The molecule has 1 N–H and O–H groups in total. The Labute approximate surface area is 232 Å². The molecule has 1 aliphatic rings. The number of rotatable bonds is 10. The summed E-state index contributed by atoms with van der Waals surface area (Å²) in [6, 6.07) is 13.6. The third kappa shape index (κ3) is 6.10. The summed E-state index contributed by atoms with van der Waals surface area (Å²) in [6.07, 6.45) is 0. The number of benzene rings is 3. The number of fused-ring (bicyclic) bond motifs is 1. The fourth-order valence-electron chi connectivity index (χ4n) is 4.09. The Bertz CT molecular complexity index is 1460. The van der Waals surface area contributed by atoms with E-state index in [9.17, 15) is 13.2 Å². The Morgan fingerprint density at radius 2 is 1.59 bits per heavy atom. The van der Waals surface area contributed by atoms with E-state index in [2.05, 4.69) is 5.32 Å². The maximum Gasteiger partial charge on any atom is 0.265 e. The van der Waals surface area contributed by atoms with Crippen LogP contribution in [0.1, 0.15) is 18.5 Å². The number of methoxy groups -OCH3 is 3. The molecule has 0 fully saturated rings. The van der Waals surface area contributed by atoms with Crippen molar-refractivity contribution in [3.8, 4) is 28.7 Å². The van der Waals surface area contributed by atoms with E-state index in [1.807, 2.05) is 6.07 Å². The van der Waals surface area contributed by atoms with Gasteiger partial charge in [0.2, 0.25) is 5.91 Å². The minimum absolute atomic E-state index is 0.0990. The summed E-state index contributed by atoms with van der Waals surface area (Å²) in [7, 11) is -0.0578. The van der Waals surface area contributed by atoms with Crippen LogP contribution < -0.4 is 33.3 Å². The van der Waals surface area contributed by atoms with Gasteiger partial charge in [-0.25, -0.2) is 8.42 Å². The van der Waals surface area contributed by atoms with Gasteiger partial charge in [-0.05, 0) is 55.0 Å². The van der Waals surface area contributed by atoms with E-state index in [0.717, 1.165) is 9.87 Å². The van der Waals surface area contributed by atoms with E-state index in [-0.39, 0.29) is 27.1 Å². The highest BCUT2D eigenvalue weighted by Crippen LogP contribution is 2.37. The molecule has 208 valence electrons. The number of amides is 1. The predicted molar refractivity (Wildman–Crippen MR) is 146 cm³/mol. The lowest BCUT2D eigenvalue weighted by atomic mass is 10.1. The molecule has 1 heterocycles. The van der Waals surface area contributed by atoms with Crippen LogP contribution in [0.15, 0.2) is 59.5 Å². The molecule has 0 radical (unpaired) electrons. The normalized spacial score (nSPS) is 13.3. The van der Waals surface area contributed by atoms with Crippen molar-refractivity contribution in [3.63, 3.8) is 0 Å².